The Morgan fingerprint density at radius 2 is 1.93 bits per heavy atom. The number of amides is 2. The number of rotatable bonds is 12. The highest BCUT2D eigenvalue weighted by atomic mass is 19.1. The van der Waals surface area contributed by atoms with Gasteiger partial charge >= 0.3 is 13.1 Å². The van der Waals surface area contributed by atoms with Gasteiger partial charge in [0.15, 0.2) is 11.6 Å². The van der Waals surface area contributed by atoms with Gasteiger partial charge < -0.3 is 19.9 Å². The van der Waals surface area contributed by atoms with Crippen LogP contribution in [0.2, 0.25) is 6.32 Å². The number of carbonyl (C=O) groups excluding carboxylic acids is 2. The van der Waals surface area contributed by atoms with Crippen LogP contribution in [0.3, 0.4) is 0 Å². The van der Waals surface area contributed by atoms with Gasteiger partial charge in [0.1, 0.15) is 0 Å². The molecule has 0 unspecified atom stereocenters. The minimum atomic E-state index is -1.04. The van der Waals surface area contributed by atoms with Crippen molar-refractivity contribution in [2.45, 2.75) is 84.1 Å². The molecular weight excluding hydrogens is 516 g/mol. The molecule has 3 N–H and O–H groups in total. The molecule has 0 radical (unpaired) electrons. The van der Waals surface area contributed by atoms with Crippen molar-refractivity contribution >= 4 is 31.0 Å². The number of imide groups is 1. The average molecular weight is 555 g/mol. The summed E-state index contributed by atoms with van der Waals surface area (Å²) in [7, 11) is -1.04. The molecule has 8 nitrogen and oxygen atoms in total. The monoisotopic (exact) mass is 555 g/mol. The van der Waals surface area contributed by atoms with Gasteiger partial charge in [-0.1, -0.05) is 43.6 Å². The number of phenols is 1. The van der Waals surface area contributed by atoms with E-state index in [-0.39, 0.29) is 36.6 Å². The highest BCUT2D eigenvalue weighted by molar-refractivity contribution is 6.43. The van der Waals surface area contributed by atoms with Gasteiger partial charge in [0, 0.05) is 13.0 Å². The summed E-state index contributed by atoms with van der Waals surface area (Å²) in [6.45, 7) is 4.35. The molecule has 0 aromatic heterocycles. The molecule has 0 spiro atoms. The number of allylic oxidation sites excluding steroid dienone is 2. The van der Waals surface area contributed by atoms with Crippen LogP contribution in [0.5, 0.6) is 5.75 Å². The maximum absolute atomic E-state index is 13.8. The van der Waals surface area contributed by atoms with Crippen molar-refractivity contribution in [3.05, 3.63) is 46.3 Å². The fourth-order valence-electron chi connectivity index (χ4n) is 6.63. The molecule has 2 aliphatic heterocycles. The van der Waals surface area contributed by atoms with Gasteiger partial charge in [0.2, 0.25) is 11.8 Å². The zero-order valence-electron chi connectivity index (χ0n) is 23.3. The van der Waals surface area contributed by atoms with E-state index < -0.39 is 36.5 Å². The quantitative estimate of drug-likeness (QED) is 0.144. The van der Waals surface area contributed by atoms with Crippen LogP contribution in [0.4, 0.5) is 4.39 Å². The summed E-state index contributed by atoms with van der Waals surface area (Å²) < 4.78 is 19.9. The van der Waals surface area contributed by atoms with Crippen molar-refractivity contribution in [3.63, 3.8) is 0 Å². The summed E-state index contributed by atoms with van der Waals surface area (Å²) in [5.74, 6) is -3.49. The Balaban J connectivity index is 1.50. The Bertz CT molecular complexity index is 1200. The number of aliphatic carboxylic acids is 1. The lowest BCUT2D eigenvalue weighted by atomic mass is 9.58. The maximum atomic E-state index is 13.8. The second-order valence-corrected chi connectivity index (χ2v) is 11.1. The first-order valence-corrected chi connectivity index (χ1v) is 14.4. The summed E-state index contributed by atoms with van der Waals surface area (Å²) >= 11 is 0. The first-order chi connectivity index (χ1) is 19.1. The Morgan fingerprint density at radius 1 is 1.15 bits per heavy atom. The highest BCUT2D eigenvalue weighted by Crippen LogP contribution is 2.51. The van der Waals surface area contributed by atoms with Crippen molar-refractivity contribution in [2.24, 2.45) is 17.8 Å². The van der Waals surface area contributed by atoms with Gasteiger partial charge in [-0.3, -0.25) is 19.3 Å². The molecule has 2 saturated heterocycles. The molecule has 3 aliphatic rings. The van der Waals surface area contributed by atoms with E-state index in [0.29, 0.717) is 50.6 Å². The van der Waals surface area contributed by atoms with Crippen LogP contribution in [0.1, 0.15) is 77.2 Å². The number of carboxylic acids is 1. The summed E-state index contributed by atoms with van der Waals surface area (Å²) in [6, 6.07) is 4.28. The lowest BCUT2D eigenvalue weighted by Crippen LogP contribution is -2.46. The lowest BCUT2D eigenvalue weighted by molar-refractivity contribution is -0.141. The summed E-state index contributed by atoms with van der Waals surface area (Å²) in [5.41, 5.74) is 3.89. The molecular formula is C30H39BFNO7. The van der Waals surface area contributed by atoms with Crippen LogP contribution in [0, 0.1) is 23.6 Å². The molecule has 2 heterocycles. The van der Waals surface area contributed by atoms with Crippen molar-refractivity contribution in [1.82, 2.24) is 4.90 Å². The number of carbonyl (C=O) groups is 3. The number of fused-ring (bicyclic) bond motifs is 3. The molecule has 2 amide bonds. The van der Waals surface area contributed by atoms with E-state index in [2.05, 4.69) is 0 Å². The number of hydrogen-bond donors (Lipinski definition) is 3. The van der Waals surface area contributed by atoms with E-state index in [4.69, 9.17) is 9.76 Å². The number of phenolic OH excluding ortho intramolecular Hbond substituents is 1. The Hall–Kier alpha value is -2.98. The number of nitrogens with zero attached hydrogens (tertiary/aromatic N) is 1. The molecule has 1 aromatic carbocycles. The van der Waals surface area contributed by atoms with Crippen LogP contribution in [0.25, 0.3) is 6.08 Å². The van der Waals surface area contributed by atoms with E-state index in [1.54, 1.807) is 6.07 Å². The van der Waals surface area contributed by atoms with Crippen molar-refractivity contribution in [1.29, 1.82) is 0 Å². The second kappa shape index (κ2) is 13.1. The molecule has 4 atom stereocenters. The van der Waals surface area contributed by atoms with E-state index in [1.807, 2.05) is 19.9 Å². The third-order valence-electron chi connectivity index (χ3n) is 8.62. The number of carboxylic acid groups (broad SMARTS) is 1. The first-order valence-electron chi connectivity index (χ1n) is 14.4. The largest absolute Gasteiger partial charge is 0.505 e. The summed E-state index contributed by atoms with van der Waals surface area (Å²) in [6.07, 6.45) is 6.76. The predicted molar refractivity (Wildman–Crippen MR) is 148 cm³/mol. The number of hydrogen-bond acceptors (Lipinski definition) is 6. The average Bonchev–Trinajstić information content (AvgIpc) is 3.16. The van der Waals surface area contributed by atoms with Gasteiger partial charge in [-0.2, -0.15) is 0 Å². The van der Waals surface area contributed by atoms with Gasteiger partial charge in [0.25, 0.3) is 0 Å². The fourth-order valence-corrected chi connectivity index (χ4v) is 6.63. The summed E-state index contributed by atoms with van der Waals surface area (Å²) in [4.78, 5) is 39.0. The van der Waals surface area contributed by atoms with Crippen LogP contribution in [0.15, 0.2) is 34.9 Å². The number of halogens is 1. The van der Waals surface area contributed by atoms with E-state index in [1.165, 1.54) is 17.0 Å². The van der Waals surface area contributed by atoms with Crippen LogP contribution in [-0.4, -0.2) is 57.7 Å². The van der Waals surface area contributed by atoms with Crippen LogP contribution < -0.4 is 0 Å². The molecule has 0 bridgehead atoms. The first kappa shape index (κ1) is 30.0. The van der Waals surface area contributed by atoms with Gasteiger partial charge in [0.05, 0.1) is 17.9 Å². The zero-order chi connectivity index (χ0) is 29.0. The van der Waals surface area contributed by atoms with E-state index in [9.17, 15) is 28.9 Å². The Labute approximate surface area is 235 Å². The Morgan fingerprint density at radius 3 is 2.60 bits per heavy atom. The molecule has 40 heavy (non-hydrogen) atoms. The number of unbranched alkanes of at least 4 members (excludes halogenated alkanes) is 2. The van der Waals surface area contributed by atoms with E-state index in [0.717, 1.165) is 29.6 Å². The fraction of sp³-hybridized carbons (Fsp3) is 0.567. The van der Waals surface area contributed by atoms with Gasteiger partial charge in [-0.15, -0.1) is 0 Å². The molecule has 4 rings (SSSR count). The van der Waals surface area contributed by atoms with Crippen molar-refractivity contribution in [3.8, 4) is 5.75 Å². The molecule has 1 aromatic rings. The van der Waals surface area contributed by atoms with Crippen LogP contribution in [-0.2, 0) is 19.0 Å². The van der Waals surface area contributed by atoms with Gasteiger partial charge in [-0.05, 0) is 80.5 Å². The van der Waals surface area contributed by atoms with Crippen LogP contribution >= 0.6 is 0 Å². The lowest BCUT2D eigenvalue weighted by Gasteiger charge is -2.43. The molecule has 0 saturated carbocycles. The predicted octanol–water partition coefficient (Wildman–Crippen LogP) is 4.96. The SMILES string of the molecule is CCC1=C2[C@@H](CC/C(=C/c3ccc(O)c(F)c3)CC)OB(O)C[C@@H]2[C@@H]2C(=O)N(CCCCCC(=O)O)C(=O)[C@@H]2C1. The molecule has 216 valence electrons. The minimum absolute atomic E-state index is 0.0718. The second-order valence-electron chi connectivity index (χ2n) is 11.1. The third-order valence-corrected chi connectivity index (χ3v) is 8.62. The molecule has 1 aliphatic carbocycles. The maximum Gasteiger partial charge on any atom is 0.455 e. The molecule has 2 fully saturated rings. The number of likely N-dealkylation sites (tertiary alicyclic amines) is 1. The normalized spacial score (nSPS) is 24.9. The topological polar surface area (TPSA) is 124 Å². The van der Waals surface area contributed by atoms with Crippen molar-refractivity contribution < 1.29 is 38.7 Å². The minimum Gasteiger partial charge on any atom is -0.505 e. The zero-order valence-corrected chi connectivity index (χ0v) is 23.3. The van der Waals surface area contributed by atoms with Gasteiger partial charge in [-0.25, -0.2) is 4.39 Å². The Kier molecular flexibility index (Phi) is 9.84. The third kappa shape index (κ3) is 6.49. The number of aromatic hydroxyl groups is 1. The van der Waals surface area contributed by atoms with E-state index >= 15 is 0 Å². The van der Waals surface area contributed by atoms with Crippen molar-refractivity contribution in [2.75, 3.05) is 6.54 Å². The highest BCUT2D eigenvalue weighted by Gasteiger charge is 2.56. The number of benzene rings is 1. The smallest absolute Gasteiger partial charge is 0.455 e. The molecule has 10 heteroatoms. The standard InChI is InChI=1S/C30H39BFNO7/c1-3-18(14-19-9-11-24(34)23(32)15-19)10-12-25-27-20(4-2)16-21-28(22(27)17-31(39)40-25)30(38)33(29(21)37)13-7-5-6-8-26(35)36/h9,11,14-15,21-22,25,28,34,39H,3-8,10,12-13,16-17H2,1-2H3,(H,35,36)/b18-14+/t21-,22+,25-,28-/m1/s1. The summed E-state index contributed by atoms with van der Waals surface area (Å²) in [5, 5.41) is 29.0.